The number of hydrogen-bond donors (Lipinski definition) is 1. The Morgan fingerprint density at radius 3 is 2.12 bits per heavy atom. The fraction of sp³-hybridized carbons (Fsp3) is 0.636. The van der Waals surface area contributed by atoms with Crippen LogP contribution >= 0.6 is 0 Å². The summed E-state index contributed by atoms with van der Waals surface area (Å²) in [5, 5.41) is 3.71. The molecule has 1 atom stereocenters. The minimum Gasteiger partial charge on any atom is -0.300 e. The Hall–Kier alpha value is -1.68. The highest BCUT2D eigenvalue weighted by atomic mass is 16.2. The summed E-state index contributed by atoms with van der Waals surface area (Å²) in [5.41, 5.74) is 2.04. The van der Waals surface area contributed by atoms with E-state index < -0.39 is 0 Å². The van der Waals surface area contributed by atoms with Crippen LogP contribution < -0.4 is 10.2 Å². The molecule has 4 nitrogen and oxygen atoms in total. The number of hydrogen-bond acceptors (Lipinski definition) is 3. The second-order valence-electron chi connectivity index (χ2n) is 9.19. The smallest absolute Gasteiger partial charge is 0.251 e. The van der Waals surface area contributed by atoms with Gasteiger partial charge in [0.25, 0.3) is 5.91 Å². The maximum Gasteiger partial charge on any atom is 0.251 e. The Kier molecular flexibility index (Phi) is 3.75. The normalized spacial score (nSPS) is 38.4. The van der Waals surface area contributed by atoms with Crippen molar-refractivity contribution in [3.63, 3.8) is 0 Å². The first-order valence-corrected chi connectivity index (χ1v) is 10.3. The van der Waals surface area contributed by atoms with Gasteiger partial charge < -0.3 is 0 Å². The van der Waals surface area contributed by atoms with Crippen LogP contribution in [0.15, 0.2) is 24.3 Å². The van der Waals surface area contributed by atoms with Crippen molar-refractivity contribution in [3.8, 4) is 0 Å². The van der Waals surface area contributed by atoms with Crippen molar-refractivity contribution in [1.82, 2.24) is 5.32 Å². The number of anilines is 1. The zero-order valence-corrected chi connectivity index (χ0v) is 15.5. The lowest BCUT2D eigenvalue weighted by Crippen LogP contribution is -2.61. The third-order valence-corrected chi connectivity index (χ3v) is 7.27. The van der Waals surface area contributed by atoms with Crippen LogP contribution in [-0.4, -0.2) is 23.4 Å². The summed E-state index contributed by atoms with van der Waals surface area (Å²) >= 11 is 0. The van der Waals surface area contributed by atoms with Gasteiger partial charge in [0.2, 0.25) is 5.91 Å². The predicted molar refractivity (Wildman–Crippen MR) is 101 cm³/mol. The predicted octanol–water partition coefficient (Wildman–Crippen LogP) is 3.44. The molecule has 1 N–H and O–H groups in total. The maximum atomic E-state index is 13.0. The SMILES string of the molecule is CCc1ccc(N2C(=O)C[C@@H](NC34CC5CC(CC(C5)C3)C4)C2=O)cc1. The zero-order valence-electron chi connectivity index (χ0n) is 15.5. The lowest BCUT2D eigenvalue weighted by atomic mass is 9.53. The third-order valence-electron chi connectivity index (χ3n) is 7.27. The molecular formula is C22H28N2O2. The van der Waals surface area contributed by atoms with Gasteiger partial charge >= 0.3 is 0 Å². The van der Waals surface area contributed by atoms with Crippen molar-refractivity contribution in [3.05, 3.63) is 29.8 Å². The zero-order chi connectivity index (χ0) is 17.9. The van der Waals surface area contributed by atoms with Gasteiger partial charge in [-0.15, -0.1) is 0 Å². The van der Waals surface area contributed by atoms with Crippen molar-refractivity contribution in [2.75, 3.05) is 4.90 Å². The first-order valence-electron chi connectivity index (χ1n) is 10.3. The van der Waals surface area contributed by atoms with Crippen molar-refractivity contribution < 1.29 is 9.59 Å². The summed E-state index contributed by atoms with van der Waals surface area (Å²) in [4.78, 5) is 27.0. The number of benzene rings is 1. The van der Waals surface area contributed by atoms with E-state index in [0.717, 1.165) is 24.2 Å². The lowest BCUT2D eigenvalue weighted by molar-refractivity contribution is -0.122. The van der Waals surface area contributed by atoms with Crippen molar-refractivity contribution in [2.45, 2.75) is 69.9 Å². The van der Waals surface area contributed by atoms with Crippen LogP contribution in [0, 0.1) is 17.8 Å². The standard InChI is InChI=1S/C22H28N2O2/c1-2-14-3-5-18(6-4-14)24-20(25)10-19(21(24)26)23-22-11-15-7-16(12-22)9-17(8-15)13-22/h3-6,15-17,19,23H,2,7-13H2,1H3/t15?,16?,17?,19-,22?/m1/s1. The Morgan fingerprint density at radius 2 is 1.58 bits per heavy atom. The minimum atomic E-state index is -0.343. The van der Waals surface area contributed by atoms with Crippen LogP contribution in [0.1, 0.15) is 57.4 Å². The highest BCUT2D eigenvalue weighted by Gasteiger charge is 2.53. The molecule has 5 fully saturated rings. The monoisotopic (exact) mass is 352 g/mol. The molecule has 5 aliphatic rings. The molecule has 1 heterocycles. The Morgan fingerprint density at radius 1 is 1.00 bits per heavy atom. The molecule has 1 aliphatic heterocycles. The van der Waals surface area contributed by atoms with Gasteiger partial charge in [-0.2, -0.15) is 0 Å². The number of nitrogens with zero attached hydrogens (tertiary/aromatic N) is 1. The fourth-order valence-electron chi connectivity index (χ4n) is 6.55. The molecule has 138 valence electrons. The second-order valence-corrected chi connectivity index (χ2v) is 9.19. The van der Waals surface area contributed by atoms with E-state index >= 15 is 0 Å². The van der Waals surface area contributed by atoms with E-state index in [4.69, 9.17) is 0 Å². The van der Waals surface area contributed by atoms with E-state index in [9.17, 15) is 9.59 Å². The molecule has 0 radical (unpaired) electrons. The van der Waals surface area contributed by atoms with Gasteiger partial charge in [-0.05, 0) is 80.4 Å². The molecule has 26 heavy (non-hydrogen) atoms. The van der Waals surface area contributed by atoms with Gasteiger partial charge in [0.15, 0.2) is 0 Å². The Balaban J connectivity index is 1.35. The van der Waals surface area contributed by atoms with Gasteiger partial charge in [0.05, 0.1) is 18.2 Å². The first-order chi connectivity index (χ1) is 12.5. The van der Waals surface area contributed by atoms with Crippen LogP contribution in [0.4, 0.5) is 5.69 Å². The minimum absolute atomic E-state index is 0.0602. The van der Waals surface area contributed by atoms with E-state index in [0.29, 0.717) is 12.1 Å². The number of carbonyl (C=O) groups excluding carboxylic acids is 2. The molecule has 0 spiro atoms. The first kappa shape index (κ1) is 16.5. The molecule has 1 aromatic rings. The molecule has 2 amide bonds. The number of imide groups is 1. The van der Waals surface area contributed by atoms with E-state index in [-0.39, 0.29) is 23.4 Å². The molecule has 0 aromatic heterocycles. The summed E-state index contributed by atoms with van der Waals surface area (Å²) in [6.45, 7) is 2.10. The topological polar surface area (TPSA) is 49.4 Å². The van der Waals surface area contributed by atoms with Gasteiger partial charge in [0, 0.05) is 5.54 Å². The summed E-state index contributed by atoms with van der Waals surface area (Å²) < 4.78 is 0. The van der Waals surface area contributed by atoms with Gasteiger partial charge in [-0.1, -0.05) is 19.1 Å². The van der Waals surface area contributed by atoms with E-state index in [1.807, 2.05) is 24.3 Å². The van der Waals surface area contributed by atoms with Crippen LogP contribution in [0.2, 0.25) is 0 Å². The van der Waals surface area contributed by atoms with Crippen LogP contribution in [0.3, 0.4) is 0 Å². The van der Waals surface area contributed by atoms with Crippen LogP contribution in [-0.2, 0) is 16.0 Å². The summed E-state index contributed by atoms with van der Waals surface area (Å²) in [6, 6.07) is 7.49. The molecule has 1 saturated heterocycles. The average Bonchev–Trinajstić information content (AvgIpc) is 2.87. The van der Waals surface area contributed by atoms with E-state index in [1.165, 1.54) is 49.0 Å². The number of rotatable bonds is 4. The number of nitrogens with one attached hydrogen (secondary N) is 1. The highest BCUT2D eigenvalue weighted by molar-refractivity contribution is 6.22. The van der Waals surface area contributed by atoms with Crippen molar-refractivity contribution >= 4 is 17.5 Å². The number of aryl methyl sites for hydroxylation is 1. The quantitative estimate of drug-likeness (QED) is 0.845. The number of carbonyl (C=O) groups is 2. The Bertz CT molecular complexity index is 704. The van der Waals surface area contributed by atoms with E-state index in [1.54, 1.807) is 0 Å². The van der Waals surface area contributed by atoms with Gasteiger partial charge in [0.1, 0.15) is 0 Å². The highest BCUT2D eigenvalue weighted by Crippen LogP contribution is 2.55. The van der Waals surface area contributed by atoms with Gasteiger partial charge in [-0.3, -0.25) is 14.9 Å². The van der Waals surface area contributed by atoms with Crippen LogP contribution in [0.5, 0.6) is 0 Å². The maximum absolute atomic E-state index is 13.0. The molecule has 4 bridgehead atoms. The third kappa shape index (κ3) is 2.61. The molecule has 4 saturated carbocycles. The second kappa shape index (κ2) is 5.91. The van der Waals surface area contributed by atoms with Gasteiger partial charge in [-0.25, -0.2) is 4.90 Å². The van der Waals surface area contributed by atoms with Crippen molar-refractivity contribution in [2.24, 2.45) is 17.8 Å². The average molecular weight is 352 g/mol. The number of amides is 2. The largest absolute Gasteiger partial charge is 0.300 e. The molecule has 0 unspecified atom stereocenters. The van der Waals surface area contributed by atoms with Crippen LogP contribution in [0.25, 0.3) is 0 Å². The fourth-order valence-corrected chi connectivity index (χ4v) is 6.55. The summed E-state index contributed by atoms with van der Waals surface area (Å²) in [5.74, 6) is 2.37. The Labute approximate surface area is 155 Å². The molecule has 4 heteroatoms. The molecule has 6 rings (SSSR count). The molecule has 4 aliphatic carbocycles. The molecule has 1 aromatic carbocycles. The van der Waals surface area contributed by atoms with Crippen molar-refractivity contribution in [1.29, 1.82) is 0 Å². The molecular weight excluding hydrogens is 324 g/mol. The summed E-state index contributed by atoms with van der Waals surface area (Å²) in [7, 11) is 0. The summed E-state index contributed by atoms with van der Waals surface area (Å²) in [6.07, 6.45) is 9.00. The lowest BCUT2D eigenvalue weighted by Gasteiger charge is -2.57. The van der Waals surface area contributed by atoms with E-state index in [2.05, 4.69) is 12.2 Å².